The second-order valence-corrected chi connectivity index (χ2v) is 6.90. The van der Waals surface area contributed by atoms with E-state index in [4.69, 9.17) is 16.6 Å². The number of primary amides is 1. The SMILES string of the molecule is CSCCC(NC(=O)C(N)CC(N)=O)C(=O)NC(C)C(=O)NC(C)C(=O)O. The lowest BCUT2D eigenvalue weighted by Crippen LogP contribution is -2.56. The van der Waals surface area contributed by atoms with E-state index < -0.39 is 53.8 Å². The average Bonchev–Trinajstić information content (AvgIpc) is 2.57. The third-order valence-corrected chi connectivity index (χ3v) is 4.13. The predicted molar refractivity (Wildman–Crippen MR) is 99.6 cm³/mol. The fourth-order valence-electron chi connectivity index (χ4n) is 1.87. The highest BCUT2D eigenvalue weighted by molar-refractivity contribution is 7.98. The third-order valence-electron chi connectivity index (χ3n) is 3.48. The van der Waals surface area contributed by atoms with Crippen LogP contribution in [0.4, 0.5) is 0 Å². The molecule has 0 saturated heterocycles. The molecule has 0 aromatic heterocycles. The predicted octanol–water partition coefficient (Wildman–Crippen LogP) is -2.48. The van der Waals surface area contributed by atoms with E-state index in [0.717, 1.165) is 0 Å². The first-order chi connectivity index (χ1) is 12.5. The number of aliphatic carboxylic acids is 1. The molecule has 27 heavy (non-hydrogen) atoms. The molecule has 0 aliphatic heterocycles. The van der Waals surface area contributed by atoms with Crippen LogP contribution in [0.3, 0.4) is 0 Å². The molecule has 0 bridgehead atoms. The number of thioether (sulfide) groups is 1. The van der Waals surface area contributed by atoms with Gasteiger partial charge in [-0.15, -0.1) is 0 Å². The molecule has 0 heterocycles. The Balaban J connectivity index is 4.90. The second-order valence-electron chi connectivity index (χ2n) is 5.92. The van der Waals surface area contributed by atoms with Crippen molar-refractivity contribution in [1.29, 1.82) is 0 Å². The number of hydrogen-bond donors (Lipinski definition) is 6. The summed E-state index contributed by atoms with van der Waals surface area (Å²) in [5, 5.41) is 15.9. The van der Waals surface area contributed by atoms with Gasteiger partial charge in [0.15, 0.2) is 0 Å². The first kappa shape index (κ1) is 24.7. The topological polar surface area (TPSA) is 194 Å². The van der Waals surface area contributed by atoms with Gasteiger partial charge in [-0.25, -0.2) is 0 Å². The van der Waals surface area contributed by atoms with Crippen LogP contribution in [0.15, 0.2) is 0 Å². The minimum absolute atomic E-state index is 0.266. The fourth-order valence-corrected chi connectivity index (χ4v) is 2.34. The van der Waals surface area contributed by atoms with Crippen LogP contribution in [0.25, 0.3) is 0 Å². The molecular formula is C15H27N5O6S. The number of carboxylic acid groups (broad SMARTS) is 1. The van der Waals surface area contributed by atoms with E-state index in [9.17, 15) is 24.0 Å². The van der Waals surface area contributed by atoms with Crippen LogP contribution in [-0.2, 0) is 24.0 Å². The lowest BCUT2D eigenvalue weighted by molar-refractivity contribution is -0.141. The summed E-state index contributed by atoms with van der Waals surface area (Å²) in [4.78, 5) is 58.0. The molecule has 8 N–H and O–H groups in total. The third kappa shape index (κ3) is 9.80. The highest BCUT2D eigenvalue weighted by atomic mass is 32.2. The van der Waals surface area contributed by atoms with Gasteiger partial charge in [0, 0.05) is 0 Å². The summed E-state index contributed by atoms with van der Waals surface area (Å²) in [5.74, 6) is -3.45. The highest BCUT2D eigenvalue weighted by Crippen LogP contribution is 2.03. The zero-order chi connectivity index (χ0) is 21.1. The zero-order valence-corrected chi connectivity index (χ0v) is 16.3. The van der Waals surface area contributed by atoms with Crippen molar-refractivity contribution < 1.29 is 29.1 Å². The smallest absolute Gasteiger partial charge is 0.325 e. The summed E-state index contributed by atoms with van der Waals surface area (Å²) in [6.07, 6.45) is 1.72. The minimum atomic E-state index is -1.21. The zero-order valence-electron chi connectivity index (χ0n) is 15.5. The van der Waals surface area contributed by atoms with Crippen molar-refractivity contribution >= 4 is 41.4 Å². The second kappa shape index (κ2) is 12.1. The molecule has 0 saturated carbocycles. The highest BCUT2D eigenvalue weighted by Gasteiger charge is 2.27. The van der Waals surface area contributed by atoms with Crippen molar-refractivity contribution in [3.63, 3.8) is 0 Å². The Morgan fingerprint density at radius 3 is 2.00 bits per heavy atom. The molecule has 0 spiro atoms. The van der Waals surface area contributed by atoms with Crippen LogP contribution in [0, 0.1) is 0 Å². The minimum Gasteiger partial charge on any atom is -0.480 e. The van der Waals surface area contributed by atoms with Crippen molar-refractivity contribution in [2.75, 3.05) is 12.0 Å². The molecule has 4 amide bonds. The molecule has 0 aromatic rings. The van der Waals surface area contributed by atoms with Gasteiger partial charge in [-0.1, -0.05) is 0 Å². The molecule has 0 aliphatic rings. The van der Waals surface area contributed by atoms with E-state index in [0.29, 0.717) is 5.75 Å². The van der Waals surface area contributed by atoms with Crippen molar-refractivity contribution in [3.8, 4) is 0 Å². The molecule has 154 valence electrons. The van der Waals surface area contributed by atoms with Gasteiger partial charge >= 0.3 is 5.97 Å². The van der Waals surface area contributed by atoms with Crippen molar-refractivity contribution in [3.05, 3.63) is 0 Å². The first-order valence-electron chi connectivity index (χ1n) is 8.16. The summed E-state index contributed by atoms with van der Waals surface area (Å²) in [5.41, 5.74) is 10.6. The van der Waals surface area contributed by atoms with Crippen molar-refractivity contribution in [2.24, 2.45) is 11.5 Å². The number of carboxylic acids is 1. The maximum absolute atomic E-state index is 12.4. The average molecular weight is 405 g/mol. The van der Waals surface area contributed by atoms with Crippen LogP contribution >= 0.6 is 11.8 Å². The Hall–Kier alpha value is -2.34. The quantitative estimate of drug-likeness (QED) is 0.205. The van der Waals surface area contributed by atoms with Crippen LogP contribution in [0.1, 0.15) is 26.7 Å². The Bertz CT molecular complexity index is 573. The fraction of sp³-hybridized carbons (Fsp3) is 0.667. The molecule has 0 fully saturated rings. The van der Waals surface area contributed by atoms with Gasteiger partial charge in [0.2, 0.25) is 23.6 Å². The number of rotatable bonds is 12. The molecule has 0 aliphatic carbocycles. The first-order valence-corrected chi connectivity index (χ1v) is 9.55. The Kier molecular flexibility index (Phi) is 11.1. The lowest BCUT2D eigenvalue weighted by atomic mass is 10.1. The summed E-state index contributed by atoms with van der Waals surface area (Å²) in [6.45, 7) is 2.67. The van der Waals surface area contributed by atoms with Crippen LogP contribution in [0.2, 0.25) is 0 Å². The molecule has 0 rings (SSSR count). The van der Waals surface area contributed by atoms with Gasteiger partial charge in [0.1, 0.15) is 18.1 Å². The van der Waals surface area contributed by atoms with E-state index in [1.165, 1.54) is 25.6 Å². The van der Waals surface area contributed by atoms with E-state index in [1.54, 1.807) is 0 Å². The number of carbonyl (C=O) groups is 5. The molecule has 0 aromatic carbocycles. The molecular weight excluding hydrogens is 378 g/mol. The number of hydrogen-bond acceptors (Lipinski definition) is 7. The van der Waals surface area contributed by atoms with E-state index in [-0.39, 0.29) is 12.8 Å². The van der Waals surface area contributed by atoms with Gasteiger partial charge in [-0.3, -0.25) is 24.0 Å². The number of carbonyl (C=O) groups excluding carboxylic acids is 4. The summed E-state index contributed by atoms with van der Waals surface area (Å²) >= 11 is 1.45. The molecule has 4 unspecified atom stereocenters. The summed E-state index contributed by atoms with van der Waals surface area (Å²) < 4.78 is 0. The summed E-state index contributed by atoms with van der Waals surface area (Å²) in [6, 6.07) is -4.30. The Labute approximate surface area is 161 Å². The van der Waals surface area contributed by atoms with Crippen molar-refractivity contribution in [1.82, 2.24) is 16.0 Å². The number of amides is 4. The summed E-state index contributed by atoms with van der Waals surface area (Å²) in [7, 11) is 0. The standard InChI is InChI=1S/C15H27N5O6S/c1-7(12(22)19-8(2)15(25)26)18-14(24)10(4-5-27-3)20-13(23)9(16)6-11(17)21/h7-10H,4-6,16H2,1-3H3,(H2,17,21)(H,18,24)(H,19,22)(H,20,23)(H,25,26). The maximum atomic E-state index is 12.4. The molecule has 12 heteroatoms. The van der Waals surface area contributed by atoms with E-state index >= 15 is 0 Å². The van der Waals surface area contributed by atoms with Gasteiger partial charge in [-0.05, 0) is 32.3 Å². The molecule has 4 atom stereocenters. The Morgan fingerprint density at radius 2 is 1.52 bits per heavy atom. The maximum Gasteiger partial charge on any atom is 0.325 e. The number of nitrogens with two attached hydrogens (primary N) is 2. The van der Waals surface area contributed by atoms with Gasteiger partial charge in [-0.2, -0.15) is 11.8 Å². The normalized spacial score (nSPS) is 15.0. The molecule has 0 radical (unpaired) electrons. The lowest BCUT2D eigenvalue weighted by Gasteiger charge is -2.22. The molecule has 11 nitrogen and oxygen atoms in total. The largest absolute Gasteiger partial charge is 0.480 e. The monoisotopic (exact) mass is 405 g/mol. The van der Waals surface area contributed by atoms with E-state index in [1.807, 2.05) is 6.26 Å². The van der Waals surface area contributed by atoms with Gasteiger partial charge in [0.05, 0.1) is 12.5 Å². The number of nitrogens with one attached hydrogen (secondary N) is 3. The van der Waals surface area contributed by atoms with Gasteiger partial charge in [0.25, 0.3) is 0 Å². The van der Waals surface area contributed by atoms with Crippen molar-refractivity contribution in [2.45, 2.75) is 50.9 Å². The van der Waals surface area contributed by atoms with Crippen LogP contribution in [0.5, 0.6) is 0 Å². The van der Waals surface area contributed by atoms with E-state index in [2.05, 4.69) is 16.0 Å². The van der Waals surface area contributed by atoms with Gasteiger partial charge < -0.3 is 32.5 Å². The van der Waals surface area contributed by atoms with Crippen LogP contribution in [-0.4, -0.2) is 70.9 Å². The van der Waals surface area contributed by atoms with Crippen LogP contribution < -0.4 is 27.4 Å². The Morgan fingerprint density at radius 1 is 0.963 bits per heavy atom.